The predicted octanol–water partition coefficient (Wildman–Crippen LogP) is -2.10. The monoisotopic (exact) mass is 257 g/mol. The Kier molecular flexibility index (Phi) is 3.35. The summed E-state index contributed by atoms with van der Waals surface area (Å²) in [6.07, 6.45) is -2.88. The maximum absolute atomic E-state index is 11.1. The Hall–Kier alpha value is -1.48. The molecule has 100 valence electrons. The molecule has 0 aromatic carbocycles. The van der Waals surface area contributed by atoms with Crippen LogP contribution in [0.3, 0.4) is 0 Å². The molecule has 1 fully saturated rings. The molecular weight excluding hydrogens is 242 g/mol. The highest BCUT2D eigenvalue weighted by Gasteiger charge is 2.43. The van der Waals surface area contributed by atoms with Gasteiger partial charge in [0.05, 0.1) is 12.9 Å². The second-order valence-corrected chi connectivity index (χ2v) is 4.18. The summed E-state index contributed by atoms with van der Waals surface area (Å²) in [7, 11) is 0. The molecule has 8 heteroatoms. The summed E-state index contributed by atoms with van der Waals surface area (Å²) < 4.78 is 6.72. The zero-order valence-electron chi connectivity index (χ0n) is 9.72. The Morgan fingerprint density at radius 1 is 1.56 bits per heavy atom. The molecule has 0 saturated carbocycles. The second-order valence-electron chi connectivity index (χ2n) is 4.18. The molecule has 1 aromatic rings. The molecule has 0 spiro atoms. The van der Waals surface area contributed by atoms with Crippen molar-refractivity contribution < 1.29 is 24.9 Å². The van der Waals surface area contributed by atoms with Crippen molar-refractivity contribution in [2.24, 2.45) is 5.73 Å². The average molecular weight is 257 g/mol. The van der Waals surface area contributed by atoms with Gasteiger partial charge >= 0.3 is 0 Å². The lowest BCUT2D eigenvalue weighted by Gasteiger charge is -2.17. The first-order valence-electron chi connectivity index (χ1n) is 5.43. The summed E-state index contributed by atoms with van der Waals surface area (Å²) in [6, 6.07) is 0. The second kappa shape index (κ2) is 4.65. The summed E-state index contributed by atoms with van der Waals surface area (Å²) in [6.45, 7) is 1.19. The van der Waals surface area contributed by atoms with Crippen LogP contribution in [0.2, 0.25) is 0 Å². The van der Waals surface area contributed by atoms with E-state index >= 15 is 0 Å². The number of hydrogen-bond acceptors (Lipinski definition) is 6. The fourth-order valence-corrected chi connectivity index (χ4v) is 2.03. The third-order valence-electron chi connectivity index (χ3n) is 3.07. The van der Waals surface area contributed by atoms with Crippen LogP contribution >= 0.6 is 0 Å². The van der Waals surface area contributed by atoms with Gasteiger partial charge in [0.2, 0.25) is 0 Å². The van der Waals surface area contributed by atoms with Crippen LogP contribution < -0.4 is 5.73 Å². The Bertz CT molecular complexity index is 460. The molecule has 1 aliphatic heterocycles. The van der Waals surface area contributed by atoms with E-state index in [0.29, 0.717) is 5.69 Å². The smallest absolute Gasteiger partial charge is 0.269 e. The lowest BCUT2D eigenvalue weighted by molar-refractivity contribution is -0.0536. The number of aliphatic hydroxyl groups is 3. The van der Waals surface area contributed by atoms with Crippen LogP contribution in [0.1, 0.15) is 22.4 Å². The molecule has 4 atom stereocenters. The van der Waals surface area contributed by atoms with E-state index in [1.54, 1.807) is 6.92 Å². The van der Waals surface area contributed by atoms with Crippen molar-refractivity contribution in [1.29, 1.82) is 0 Å². The summed E-state index contributed by atoms with van der Waals surface area (Å²) in [5, 5.41) is 28.5. The fourth-order valence-electron chi connectivity index (χ4n) is 2.03. The van der Waals surface area contributed by atoms with Gasteiger partial charge in [-0.25, -0.2) is 4.98 Å². The van der Waals surface area contributed by atoms with E-state index in [0.717, 1.165) is 0 Å². The number of hydrogen-bond donors (Lipinski definition) is 4. The van der Waals surface area contributed by atoms with E-state index in [-0.39, 0.29) is 5.69 Å². The highest BCUT2D eigenvalue weighted by molar-refractivity contribution is 5.91. The maximum atomic E-state index is 11.1. The summed E-state index contributed by atoms with van der Waals surface area (Å²) >= 11 is 0. The molecule has 1 amide bonds. The minimum atomic E-state index is -1.21. The molecule has 18 heavy (non-hydrogen) atoms. The number of nitrogens with zero attached hydrogens (tertiary/aromatic N) is 2. The molecule has 2 rings (SSSR count). The van der Waals surface area contributed by atoms with Crippen molar-refractivity contribution >= 4 is 5.91 Å². The Labute approximate surface area is 103 Å². The largest absolute Gasteiger partial charge is 0.394 e. The number of carbonyl (C=O) groups excluding carboxylic acids is 1. The van der Waals surface area contributed by atoms with Crippen LogP contribution in [0.25, 0.3) is 0 Å². The molecule has 1 saturated heterocycles. The minimum absolute atomic E-state index is 0.0766. The first kappa shape index (κ1) is 13.0. The van der Waals surface area contributed by atoms with Crippen molar-refractivity contribution in [2.45, 2.75) is 31.5 Å². The van der Waals surface area contributed by atoms with E-state index in [4.69, 9.17) is 15.6 Å². The SMILES string of the molecule is Cc1c(C(N)=O)ncn1[C@@H]1O[C@H](CO)[C@@H](O)[C@H]1O. The number of rotatable bonds is 3. The zero-order chi connectivity index (χ0) is 13.4. The standard InChI is InChI=1S/C10H15N3O5/c1-4-6(9(11)17)12-3-13(4)10-8(16)7(15)5(2-14)18-10/h3,5,7-8,10,14-16H,2H2,1H3,(H2,11,17)/t5-,7-,8-,10-/m1/s1. The Balaban J connectivity index is 2.30. The lowest BCUT2D eigenvalue weighted by Crippen LogP contribution is -2.33. The van der Waals surface area contributed by atoms with Gasteiger partial charge in [0.1, 0.15) is 24.0 Å². The van der Waals surface area contributed by atoms with Gasteiger partial charge in [0.15, 0.2) is 6.23 Å². The van der Waals surface area contributed by atoms with Gasteiger partial charge in [0.25, 0.3) is 5.91 Å². The third-order valence-corrected chi connectivity index (χ3v) is 3.07. The van der Waals surface area contributed by atoms with Crippen LogP contribution in [0, 0.1) is 6.92 Å². The van der Waals surface area contributed by atoms with Gasteiger partial charge in [-0.3, -0.25) is 4.79 Å². The van der Waals surface area contributed by atoms with Crippen LogP contribution in [0.15, 0.2) is 6.33 Å². The molecule has 0 radical (unpaired) electrons. The van der Waals surface area contributed by atoms with Crippen molar-refractivity contribution in [3.63, 3.8) is 0 Å². The average Bonchev–Trinajstić information content (AvgIpc) is 2.82. The third kappa shape index (κ3) is 1.89. The molecule has 0 unspecified atom stereocenters. The summed E-state index contributed by atoms with van der Waals surface area (Å²) in [4.78, 5) is 14.9. The van der Waals surface area contributed by atoms with E-state index in [9.17, 15) is 15.0 Å². The molecular formula is C10H15N3O5. The maximum Gasteiger partial charge on any atom is 0.269 e. The molecule has 5 N–H and O–H groups in total. The van der Waals surface area contributed by atoms with E-state index in [1.165, 1.54) is 10.9 Å². The molecule has 2 heterocycles. The number of nitrogens with two attached hydrogens (primary N) is 1. The van der Waals surface area contributed by atoms with Gasteiger partial charge in [0, 0.05) is 5.69 Å². The first-order valence-corrected chi connectivity index (χ1v) is 5.43. The number of amides is 1. The van der Waals surface area contributed by atoms with Crippen LogP contribution in [0.4, 0.5) is 0 Å². The fraction of sp³-hybridized carbons (Fsp3) is 0.600. The highest BCUT2D eigenvalue weighted by Crippen LogP contribution is 2.30. The lowest BCUT2D eigenvalue weighted by atomic mass is 10.1. The van der Waals surface area contributed by atoms with E-state index in [2.05, 4.69) is 4.98 Å². The van der Waals surface area contributed by atoms with E-state index in [1.807, 2.05) is 0 Å². The normalized spacial score (nSPS) is 31.8. The number of primary amides is 1. The molecule has 0 aliphatic carbocycles. The Morgan fingerprint density at radius 2 is 2.22 bits per heavy atom. The highest BCUT2D eigenvalue weighted by atomic mass is 16.6. The number of aliphatic hydroxyl groups excluding tert-OH is 3. The number of imidazole rings is 1. The van der Waals surface area contributed by atoms with Crippen molar-refractivity contribution in [1.82, 2.24) is 9.55 Å². The van der Waals surface area contributed by atoms with Gasteiger partial charge in [-0.2, -0.15) is 0 Å². The van der Waals surface area contributed by atoms with Crippen LogP contribution in [0.5, 0.6) is 0 Å². The summed E-state index contributed by atoms with van der Waals surface area (Å²) in [5.74, 6) is -0.682. The number of aromatic nitrogens is 2. The Morgan fingerprint density at radius 3 is 2.67 bits per heavy atom. The van der Waals surface area contributed by atoms with Gasteiger partial charge < -0.3 is 30.4 Å². The van der Waals surface area contributed by atoms with Crippen molar-refractivity contribution in [3.8, 4) is 0 Å². The molecule has 0 bridgehead atoms. The van der Waals surface area contributed by atoms with Gasteiger partial charge in [-0.1, -0.05) is 0 Å². The van der Waals surface area contributed by atoms with Crippen LogP contribution in [-0.2, 0) is 4.74 Å². The summed E-state index contributed by atoms with van der Waals surface area (Å²) in [5.41, 5.74) is 5.64. The molecule has 1 aliphatic rings. The topological polar surface area (TPSA) is 131 Å². The minimum Gasteiger partial charge on any atom is -0.394 e. The van der Waals surface area contributed by atoms with E-state index < -0.39 is 37.1 Å². The predicted molar refractivity (Wildman–Crippen MR) is 58.5 cm³/mol. The molecule has 1 aromatic heterocycles. The van der Waals surface area contributed by atoms with Gasteiger partial charge in [-0.15, -0.1) is 0 Å². The number of carbonyl (C=O) groups is 1. The zero-order valence-corrected chi connectivity index (χ0v) is 9.72. The number of ether oxygens (including phenoxy) is 1. The van der Waals surface area contributed by atoms with Crippen LogP contribution in [-0.4, -0.2) is 55.7 Å². The van der Waals surface area contributed by atoms with Gasteiger partial charge in [-0.05, 0) is 6.92 Å². The van der Waals surface area contributed by atoms with Crippen molar-refractivity contribution in [2.75, 3.05) is 6.61 Å². The first-order chi connectivity index (χ1) is 8.47. The molecule has 8 nitrogen and oxygen atoms in total. The quantitative estimate of drug-likeness (QED) is 0.490. The van der Waals surface area contributed by atoms with Crippen molar-refractivity contribution in [3.05, 3.63) is 17.7 Å².